The molecule has 8 heteroatoms. The highest BCUT2D eigenvalue weighted by Crippen LogP contribution is 2.39. The van der Waals surface area contributed by atoms with E-state index in [1.807, 2.05) is 97.3 Å². The molecule has 0 unspecified atom stereocenters. The first-order chi connectivity index (χ1) is 51.9. The van der Waals surface area contributed by atoms with Crippen molar-refractivity contribution >= 4 is 21.5 Å². The third kappa shape index (κ3) is 14.1. The molecule has 0 radical (unpaired) electrons. The van der Waals surface area contributed by atoms with Crippen molar-refractivity contribution in [1.29, 1.82) is 0 Å². The minimum atomic E-state index is 0.697. The molecule has 0 spiro atoms. The van der Waals surface area contributed by atoms with E-state index >= 15 is 0 Å². The molecule has 0 aliphatic heterocycles. The Balaban J connectivity index is 0.000000156. The van der Waals surface area contributed by atoms with Gasteiger partial charge in [-0.25, -0.2) is 19.9 Å². The van der Waals surface area contributed by atoms with Crippen LogP contribution < -0.4 is 0 Å². The van der Waals surface area contributed by atoms with Crippen molar-refractivity contribution in [1.82, 2.24) is 39.9 Å². The van der Waals surface area contributed by atoms with Gasteiger partial charge in [-0.1, -0.05) is 291 Å². The lowest BCUT2D eigenvalue weighted by Crippen LogP contribution is -1.95. The summed E-state index contributed by atoms with van der Waals surface area (Å²) in [6, 6.07) is 124. The van der Waals surface area contributed by atoms with E-state index in [1.165, 1.54) is 49.4 Å². The third-order valence-electron chi connectivity index (χ3n) is 19.1. The lowest BCUT2D eigenvalue weighted by molar-refractivity contribution is 1.18. The lowest BCUT2D eigenvalue weighted by Gasteiger charge is -2.12. The molecule has 494 valence electrons. The average molecular weight is 1340 g/mol. The van der Waals surface area contributed by atoms with Crippen LogP contribution in [0.25, 0.3) is 179 Å². The summed E-state index contributed by atoms with van der Waals surface area (Å²) in [7, 11) is 0. The number of hydrogen-bond acceptors (Lipinski definition) is 8. The molecule has 0 amide bonds. The van der Waals surface area contributed by atoms with E-state index in [4.69, 9.17) is 29.9 Å². The van der Waals surface area contributed by atoms with Gasteiger partial charge in [-0.15, -0.1) is 0 Å². The zero-order valence-corrected chi connectivity index (χ0v) is 57.5. The van der Waals surface area contributed by atoms with Crippen molar-refractivity contribution in [3.05, 3.63) is 388 Å². The Morgan fingerprint density at radius 2 is 0.514 bits per heavy atom. The Morgan fingerprint density at radius 3 is 0.943 bits per heavy atom. The number of rotatable bonds is 14. The summed E-state index contributed by atoms with van der Waals surface area (Å²) in [6.45, 7) is 2.10. The van der Waals surface area contributed by atoms with Crippen LogP contribution in [0.4, 0.5) is 0 Å². The first kappa shape index (κ1) is 64.3. The number of fused-ring (bicyclic) bond motifs is 3. The van der Waals surface area contributed by atoms with Crippen LogP contribution in [-0.2, 0) is 0 Å². The van der Waals surface area contributed by atoms with Crippen LogP contribution >= 0.6 is 0 Å². The Kier molecular flexibility index (Phi) is 17.9. The maximum Gasteiger partial charge on any atom is 0.160 e. The predicted molar refractivity (Wildman–Crippen MR) is 431 cm³/mol. The number of hydrogen-bond donors (Lipinski definition) is 0. The largest absolute Gasteiger partial charge is 0.255 e. The first-order valence-electron chi connectivity index (χ1n) is 35.1. The van der Waals surface area contributed by atoms with E-state index in [1.54, 1.807) is 12.4 Å². The second-order valence-electron chi connectivity index (χ2n) is 26.0. The van der Waals surface area contributed by atoms with E-state index in [0.717, 1.165) is 129 Å². The van der Waals surface area contributed by atoms with Crippen molar-refractivity contribution < 1.29 is 0 Å². The fraction of sp³-hybridized carbons (Fsp3) is 0.0103. The van der Waals surface area contributed by atoms with Gasteiger partial charge in [0.15, 0.2) is 5.82 Å². The quantitative estimate of drug-likeness (QED) is 0.0992. The van der Waals surface area contributed by atoms with Crippen LogP contribution in [0.2, 0.25) is 0 Å². The smallest absolute Gasteiger partial charge is 0.160 e. The molecule has 18 rings (SSSR count). The molecule has 105 heavy (non-hydrogen) atoms. The Labute approximate surface area is 610 Å². The molecule has 0 aliphatic rings. The molecule has 18 aromatic rings. The van der Waals surface area contributed by atoms with E-state index in [2.05, 4.69) is 290 Å². The normalized spacial score (nSPS) is 11.1. The molecule has 0 aliphatic carbocycles. The van der Waals surface area contributed by atoms with Gasteiger partial charge in [-0.3, -0.25) is 19.9 Å². The maximum atomic E-state index is 4.99. The third-order valence-corrected chi connectivity index (χ3v) is 19.1. The highest BCUT2D eigenvalue weighted by atomic mass is 14.9. The average Bonchev–Trinajstić information content (AvgIpc) is 0.800. The van der Waals surface area contributed by atoms with E-state index < -0.39 is 0 Å². The van der Waals surface area contributed by atoms with Gasteiger partial charge in [0.2, 0.25) is 0 Å². The fourth-order valence-electron chi connectivity index (χ4n) is 13.5. The number of nitrogens with zero attached hydrogens (tertiary/aromatic N) is 8. The molecule has 0 bridgehead atoms. The van der Waals surface area contributed by atoms with Gasteiger partial charge in [0.25, 0.3) is 0 Å². The van der Waals surface area contributed by atoms with E-state index in [-0.39, 0.29) is 0 Å². The van der Waals surface area contributed by atoms with Crippen LogP contribution in [0.3, 0.4) is 0 Å². The molecule has 0 atom stereocenters. The lowest BCUT2D eigenvalue weighted by atomic mass is 9.92. The van der Waals surface area contributed by atoms with Crippen molar-refractivity contribution in [2.24, 2.45) is 0 Å². The highest BCUT2D eigenvalue weighted by Gasteiger charge is 2.17. The molecule has 7 heterocycles. The number of aryl methyl sites for hydroxylation is 1. The summed E-state index contributed by atoms with van der Waals surface area (Å²) in [4.78, 5) is 38.8. The van der Waals surface area contributed by atoms with Crippen LogP contribution in [0, 0.1) is 6.92 Å². The first-order valence-corrected chi connectivity index (χ1v) is 35.1. The Hall–Kier alpha value is -14.1. The van der Waals surface area contributed by atoms with Crippen LogP contribution in [0.15, 0.2) is 383 Å². The zero-order chi connectivity index (χ0) is 70.3. The standard InChI is InChI=1S/C50H35N5.C47H31N3/c1-34-15-17-38(18-16-34)43-30-48(44-14-8-9-29-51-44)53-49(31-43)45-28-27-42(33-52-45)37-21-19-35(20-22-37)36-23-25-41(26-24-36)50-54-46(39-10-4-2-5-11-39)32-47(55-50)40-12-6-3-7-13-40;1-2-10-32(11-3-1)39-29-46(44-16-8-9-27-48-44)50-47(30-39)45-26-25-38(31-49-45)35-19-17-33(18-20-35)34-21-23-36(24-22-34)43-28-37-12-4-5-13-40(37)41-14-6-7-15-42(41)43/h2-33H,1H3;1-31H. The second-order valence-corrected chi connectivity index (χ2v) is 26.0. The van der Waals surface area contributed by atoms with Gasteiger partial charge in [0.1, 0.15) is 0 Å². The predicted octanol–water partition coefficient (Wildman–Crippen LogP) is 24.5. The summed E-state index contributed by atoms with van der Waals surface area (Å²) in [6.07, 6.45) is 7.45. The molecular weight excluding hydrogens is 1280 g/mol. The number of pyridine rings is 6. The van der Waals surface area contributed by atoms with Gasteiger partial charge < -0.3 is 0 Å². The summed E-state index contributed by atoms with van der Waals surface area (Å²) in [5.41, 5.74) is 28.4. The van der Waals surface area contributed by atoms with Gasteiger partial charge in [0, 0.05) is 52.6 Å². The van der Waals surface area contributed by atoms with Gasteiger partial charge in [-0.2, -0.15) is 0 Å². The van der Waals surface area contributed by atoms with Crippen molar-refractivity contribution in [3.63, 3.8) is 0 Å². The second kappa shape index (κ2) is 29.2. The minimum absolute atomic E-state index is 0.697. The molecule has 7 aromatic heterocycles. The van der Waals surface area contributed by atoms with Gasteiger partial charge in [0.05, 0.1) is 56.9 Å². The van der Waals surface area contributed by atoms with Crippen LogP contribution in [-0.4, -0.2) is 39.9 Å². The molecule has 11 aromatic carbocycles. The van der Waals surface area contributed by atoms with Crippen molar-refractivity contribution in [2.75, 3.05) is 0 Å². The Morgan fingerprint density at radius 1 is 0.181 bits per heavy atom. The molecule has 8 nitrogen and oxygen atoms in total. The highest BCUT2D eigenvalue weighted by molar-refractivity contribution is 6.13. The maximum absolute atomic E-state index is 4.99. The summed E-state index contributed by atoms with van der Waals surface area (Å²) in [5.74, 6) is 0.697. The van der Waals surface area contributed by atoms with Crippen molar-refractivity contribution in [3.8, 4) is 157 Å². The fourth-order valence-corrected chi connectivity index (χ4v) is 13.5. The molecule has 0 N–H and O–H groups in total. The van der Waals surface area contributed by atoms with E-state index in [9.17, 15) is 0 Å². The van der Waals surface area contributed by atoms with Crippen LogP contribution in [0.1, 0.15) is 5.56 Å². The number of benzene rings is 11. The van der Waals surface area contributed by atoms with Gasteiger partial charge in [-0.05, 0) is 168 Å². The zero-order valence-electron chi connectivity index (χ0n) is 57.5. The number of aromatic nitrogens is 8. The summed E-state index contributed by atoms with van der Waals surface area (Å²) in [5, 5.41) is 5.11. The van der Waals surface area contributed by atoms with Crippen molar-refractivity contribution in [2.45, 2.75) is 6.92 Å². The van der Waals surface area contributed by atoms with Crippen LogP contribution in [0.5, 0.6) is 0 Å². The molecule has 0 saturated carbocycles. The Bertz CT molecular complexity index is 5930. The molecule has 0 saturated heterocycles. The topological polar surface area (TPSA) is 103 Å². The molecular formula is C97H66N8. The van der Waals surface area contributed by atoms with E-state index in [0.29, 0.717) is 5.82 Å². The summed E-state index contributed by atoms with van der Waals surface area (Å²) >= 11 is 0. The summed E-state index contributed by atoms with van der Waals surface area (Å²) < 4.78 is 0. The van der Waals surface area contributed by atoms with Gasteiger partial charge >= 0.3 is 0 Å². The monoisotopic (exact) mass is 1340 g/mol. The molecule has 0 fully saturated rings. The SMILES string of the molecule is Cc1ccc(-c2cc(-c3ccccn3)nc(-c3ccc(-c4ccc(-c5ccc(-c6nc(-c7ccccc7)cc(-c7ccccc7)n6)cc5)cc4)cn3)c2)cc1.c1ccc(-c2cc(-c3ccccn3)nc(-c3ccc(-c4ccc(-c5ccc(-c6cc7ccccc7c7ccccc67)cc5)cc4)cn3)c2)cc1. The minimum Gasteiger partial charge on any atom is -0.255 e.